The van der Waals surface area contributed by atoms with E-state index in [2.05, 4.69) is 24.3 Å². The van der Waals surface area contributed by atoms with Crippen LogP contribution in [0.3, 0.4) is 0 Å². The fourth-order valence-electron chi connectivity index (χ4n) is 2.66. The minimum absolute atomic E-state index is 0.177. The van der Waals surface area contributed by atoms with E-state index in [4.69, 9.17) is 10.5 Å². The largest absolute Gasteiger partial charge is 0.385 e. The summed E-state index contributed by atoms with van der Waals surface area (Å²) in [5.41, 5.74) is 9.17. The van der Waals surface area contributed by atoms with Crippen molar-refractivity contribution in [3.8, 4) is 0 Å². The molecule has 0 radical (unpaired) electrons. The van der Waals surface area contributed by atoms with Crippen molar-refractivity contribution in [3.63, 3.8) is 0 Å². The normalized spacial score (nSPS) is 24.9. The summed E-state index contributed by atoms with van der Waals surface area (Å²) >= 11 is 0. The molecule has 0 saturated heterocycles. The molecule has 1 atom stereocenters. The number of methoxy groups -OCH3 is 1. The highest BCUT2D eigenvalue weighted by molar-refractivity contribution is 5.34. The molecule has 0 heterocycles. The lowest BCUT2D eigenvalue weighted by Gasteiger charge is -2.30. The molecule has 88 valence electrons. The van der Waals surface area contributed by atoms with Crippen molar-refractivity contribution in [2.75, 3.05) is 13.7 Å². The highest BCUT2D eigenvalue weighted by Gasteiger charge is 2.30. The first-order valence-electron chi connectivity index (χ1n) is 6.12. The number of ether oxygens (including phenoxy) is 1. The third-order valence-corrected chi connectivity index (χ3v) is 3.63. The lowest BCUT2D eigenvalue weighted by atomic mass is 9.83. The van der Waals surface area contributed by atoms with Gasteiger partial charge in [0.15, 0.2) is 0 Å². The first kappa shape index (κ1) is 11.6. The highest BCUT2D eigenvalue weighted by atomic mass is 16.5. The minimum atomic E-state index is -0.177. The second kappa shape index (κ2) is 4.98. The summed E-state index contributed by atoms with van der Waals surface area (Å²) in [5, 5.41) is 0. The van der Waals surface area contributed by atoms with Crippen molar-refractivity contribution < 1.29 is 4.74 Å². The molecule has 0 saturated carbocycles. The zero-order chi connectivity index (χ0) is 11.4. The molecule has 0 amide bonds. The number of rotatable bonds is 3. The molecule has 0 fully saturated rings. The molecule has 16 heavy (non-hydrogen) atoms. The molecule has 2 N–H and O–H groups in total. The van der Waals surface area contributed by atoms with Gasteiger partial charge in [0.1, 0.15) is 0 Å². The average Bonchev–Trinajstić information content (AvgIpc) is 2.48. The van der Waals surface area contributed by atoms with Crippen LogP contribution in [0.25, 0.3) is 0 Å². The van der Waals surface area contributed by atoms with E-state index >= 15 is 0 Å². The lowest BCUT2D eigenvalue weighted by molar-refractivity contribution is 0.164. The summed E-state index contributed by atoms with van der Waals surface area (Å²) in [6.07, 6.45) is 5.63. The second-order valence-corrected chi connectivity index (χ2v) is 4.76. The van der Waals surface area contributed by atoms with Crippen molar-refractivity contribution in [1.82, 2.24) is 0 Å². The first-order valence-corrected chi connectivity index (χ1v) is 6.12. The molecule has 1 unspecified atom stereocenters. The Bertz CT molecular complexity index is 350. The molecular formula is C14H21NO. The van der Waals surface area contributed by atoms with Crippen LogP contribution in [0, 0.1) is 0 Å². The topological polar surface area (TPSA) is 35.2 Å². The van der Waals surface area contributed by atoms with Crippen LogP contribution in [0.15, 0.2) is 24.3 Å². The molecule has 1 aliphatic rings. The van der Waals surface area contributed by atoms with Crippen LogP contribution >= 0.6 is 0 Å². The van der Waals surface area contributed by atoms with Crippen LogP contribution in [0.4, 0.5) is 0 Å². The van der Waals surface area contributed by atoms with Crippen LogP contribution in [-0.2, 0) is 16.7 Å². The minimum Gasteiger partial charge on any atom is -0.385 e. The zero-order valence-corrected chi connectivity index (χ0v) is 10.0. The Hall–Kier alpha value is -0.860. The van der Waals surface area contributed by atoms with Gasteiger partial charge in [0, 0.05) is 19.3 Å². The molecule has 2 rings (SSSR count). The van der Waals surface area contributed by atoms with E-state index in [1.807, 2.05) is 0 Å². The van der Waals surface area contributed by atoms with Crippen molar-refractivity contribution in [2.45, 2.75) is 37.6 Å². The summed E-state index contributed by atoms with van der Waals surface area (Å²) in [5.74, 6) is 0. The monoisotopic (exact) mass is 219 g/mol. The summed E-state index contributed by atoms with van der Waals surface area (Å²) in [7, 11) is 1.74. The smallest absolute Gasteiger partial charge is 0.0483 e. The first-order chi connectivity index (χ1) is 7.76. The Morgan fingerprint density at radius 3 is 2.94 bits per heavy atom. The van der Waals surface area contributed by atoms with Crippen LogP contribution in [0.5, 0.6) is 0 Å². The quantitative estimate of drug-likeness (QED) is 0.793. The maximum atomic E-state index is 6.58. The molecule has 1 aromatic rings. The Labute approximate surface area is 97.8 Å². The lowest BCUT2D eigenvalue weighted by Crippen LogP contribution is -2.38. The van der Waals surface area contributed by atoms with Gasteiger partial charge in [-0.3, -0.25) is 0 Å². The number of nitrogens with two attached hydrogens (primary N) is 1. The standard InChI is InChI=1S/C14H21NO/c1-16-11-10-14(15)9-5-4-7-12-6-2-3-8-13(12)14/h2-3,6,8H,4-5,7,9-11,15H2,1H3. The maximum absolute atomic E-state index is 6.58. The SMILES string of the molecule is COCCC1(N)CCCCc2ccccc21. The number of benzene rings is 1. The molecule has 0 spiro atoms. The van der Waals surface area contributed by atoms with Gasteiger partial charge in [-0.15, -0.1) is 0 Å². The Balaban J connectivity index is 2.31. The van der Waals surface area contributed by atoms with Gasteiger partial charge in [-0.2, -0.15) is 0 Å². The fourth-order valence-corrected chi connectivity index (χ4v) is 2.66. The van der Waals surface area contributed by atoms with E-state index < -0.39 is 0 Å². The molecule has 0 bridgehead atoms. The van der Waals surface area contributed by atoms with E-state index in [0.29, 0.717) is 0 Å². The van der Waals surface area contributed by atoms with Crippen LogP contribution in [0.1, 0.15) is 36.8 Å². The van der Waals surface area contributed by atoms with Gasteiger partial charge in [-0.1, -0.05) is 30.7 Å². The summed E-state index contributed by atoms with van der Waals surface area (Å²) in [4.78, 5) is 0. The summed E-state index contributed by atoms with van der Waals surface area (Å²) in [6, 6.07) is 8.62. The van der Waals surface area contributed by atoms with Gasteiger partial charge >= 0.3 is 0 Å². The molecule has 2 nitrogen and oxygen atoms in total. The van der Waals surface area contributed by atoms with Crippen molar-refractivity contribution in [1.29, 1.82) is 0 Å². The van der Waals surface area contributed by atoms with E-state index in [9.17, 15) is 0 Å². The number of hydrogen-bond donors (Lipinski definition) is 1. The van der Waals surface area contributed by atoms with Gasteiger partial charge in [-0.25, -0.2) is 0 Å². The number of hydrogen-bond acceptors (Lipinski definition) is 2. The van der Waals surface area contributed by atoms with Gasteiger partial charge in [0.05, 0.1) is 0 Å². The maximum Gasteiger partial charge on any atom is 0.0483 e. The molecule has 0 aromatic heterocycles. The van der Waals surface area contributed by atoms with Crippen molar-refractivity contribution >= 4 is 0 Å². The number of aryl methyl sites for hydroxylation is 1. The van der Waals surface area contributed by atoms with Crippen LogP contribution < -0.4 is 5.73 Å². The zero-order valence-electron chi connectivity index (χ0n) is 10.0. The van der Waals surface area contributed by atoms with Crippen LogP contribution in [-0.4, -0.2) is 13.7 Å². The molecular weight excluding hydrogens is 198 g/mol. The predicted molar refractivity (Wildman–Crippen MR) is 66.4 cm³/mol. The predicted octanol–water partition coefficient (Wildman–Crippen LogP) is 2.60. The highest BCUT2D eigenvalue weighted by Crippen LogP contribution is 2.34. The molecule has 0 aliphatic heterocycles. The Kier molecular flexibility index (Phi) is 3.62. The molecule has 1 aliphatic carbocycles. The third-order valence-electron chi connectivity index (χ3n) is 3.63. The Morgan fingerprint density at radius 2 is 2.12 bits per heavy atom. The van der Waals surface area contributed by atoms with Crippen molar-refractivity contribution in [2.24, 2.45) is 5.73 Å². The summed E-state index contributed by atoms with van der Waals surface area (Å²) in [6.45, 7) is 0.741. The van der Waals surface area contributed by atoms with E-state index in [1.54, 1.807) is 7.11 Å². The number of fused-ring (bicyclic) bond motifs is 1. The summed E-state index contributed by atoms with van der Waals surface area (Å²) < 4.78 is 5.19. The van der Waals surface area contributed by atoms with Gasteiger partial charge in [0.2, 0.25) is 0 Å². The third kappa shape index (κ3) is 2.28. The van der Waals surface area contributed by atoms with Gasteiger partial charge < -0.3 is 10.5 Å². The van der Waals surface area contributed by atoms with E-state index in [-0.39, 0.29) is 5.54 Å². The molecule has 1 aromatic carbocycles. The second-order valence-electron chi connectivity index (χ2n) is 4.76. The van der Waals surface area contributed by atoms with Gasteiger partial charge in [-0.05, 0) is 36.8 Å². The average molecular weight is 219 g/mol. The van der Waals surface area contributed by atoms with E-state index in [0.717, 1.165) is 19.4 Å². The van der Waals surface area contributed by atoms with Gasteiger partial charge in [0.25, 0.3) is 0 Å². The molecule has 2 heteroatoms. The van der Waals surface area contributed by atoms with Crippen LogP contribution in [0.2, 0.25) is 0 Å². The van der Waals surface area contributed by atoms with E-state index in [1.165, 1.54) is 30.4 Å². The fraction of sp³-hybridized carbons (Fsp3) is 0.571. The van der Waals surface area contributed by atoms with Crippen molar-refractivity contribution in [3.05, 3.63) is 35.4 Å². The Morgan fingerprint density at radius 1 is 1.31 bits per heavy atom.